The predicted octanol–water partition coefficient (Wildman–Crippen LogP) is 3.34. The molecule has 2 aromatic carbocycles. The first-order chi connectivity index (χ1) is 14.1. The second-order valence-electron chi connectivity index (χ2n) is 6.95. The summed E-state index contributed by atoms with van der Waals surface area (Å²) in [7, 11) is -2.36. The molecule has 3 rings (SSSR count). The quantitative estimate of drug-likeness (QED) is 0.719. The van der Waals surface area contributed by atoms with Gasteiger partial charge in [-0.3, -0.25) is 4.79 Å². The van der Waals surface area contributed by atoms with Crippen molar-refractivity contribution in [3.63, 3.8) is 0 Å². The average Bonchev–Trinajstić information content (AvgIpc) is 2.71. The van der Waals surface area contributed by atoms with Gasteiger partial charge in [-0.2, -0.15) is 13.2 Å². The van der Waals surface area contributed by atoms with Crippen LogP contribution in [-0.4, -0.2) is 34.2 Å². The smallest absolute Gasteiger partial charge is 0.405 e. The lowest BCUT2D eigenvalue weighted by atomic mass is 9.88. The van der Waals surface area contributed by atoms with Crippen molar-refractivity contribution >= 4 is 15.9 Å². The summed E-state index contributed by atoms with van der Waals surface area (Å²) in [5, 5.41) is 1.74. The Hall–Kier alpha value is -2.59. The van der Waals surface area contributed by atoms with Crippen LogP contribution in [0.1, 0.15) is 40.4 Å². The first-order valence-electron chi connectivity index (χ1n) is 9.23. The monoisotopic (exact) mass is 442 g/mol. The number of hydrogen-bond donors (Lipinski definition) is 2. The van der Waals surface area contributed by atoms with Gasteiger partial charge in [0.2, 0.25) is 10.0 Å². The van der Waals surface area contributed by atoms with E-state index in [2.05, 4.69) is 4.72 Å². The fraction of sp³-hybridized carbons (Fsp3) is 0.350. The van der Waals surface area contributed by atoms with Crippen LogP contribution in [0, 0.1) is 0 Å². The third-order valence-corrected chi connectivity index (χ3v) is 6.33. The number of sulfonamides is 1. The topological polar surface area (TPSA) is 84.5 Å². The number of methoxy groups -OCH3 is 1. The number of rotatable bonds is 6. The van der Waals surface area contributed by atoms with Crippen molar-refractivity contribution in [2.24, 2.45) is 0 Å². The first-order valence-corrected chi connectivity index (χ1v) is 10.7. The fourth-order valence-corrected chi connectivity index (χ4v) is 4.60. The molecule has 6 nitrogen and oxygen atoms in total. The molecular formula is C20H21F3N2O4S. The van der Waals surface area contributed by atoms with Gasteiger partial charge < -0.3 is 10.1 Å². The molecule has 10 heteroatoms. The van der Waals surface area contributed by atoms with Crippen LogP contribution in [0.25, 0.3) is 0 Å². The molecule has 30 heavy (non-hydrogen) atoms. The molecule has 1 atom stereocenters. The van der Waals surface area contributed by atoms with Gasteiger partial charge in [0.1, 0.15) is 12.3 Å². The molecule has 0 saturated carbocycles. The Labute approximate surface area is 172 Å². The van der Waals surface area contributed by atoms with Gasteiger partial charge in [0, 0.05) is 11.6 Å². The molecule has 1 amide bonds. The number of hydrogen-bond acceptors (Lipinski definition) is 4. The number of amides is 1. The Kier molecular flexibility index (Phi) is 6.37. The van der Waals surface area contributed by atoms with Crippen LogP contribution in [0.2, 0.25) is 0 Å². The van der Waals surface area contributed by atoms with Gasteiger partial charge in [-0.1, -0.05) is 6.07 Å². The minimum absolute atomic E-state index is 0.0639. The summed E-state index contributed by atoms with van der Waals surface area (Å²) >= 11 is 0. The molecule has 1 aliphatic carbocycles. The van der Waals surface area contributed by atoms with Crippen LogP contribution in [0.4, 0.5) is 13.2 Å². The van der Waals surface area contributed by atoms with E-state index in [-0.39, 0.29) is 10.5 Å². The Morgan fingerprint density at radius 3 is 2.50 bits per heavy atom. The van der Waals surface area contributed by atoms with Crippen molar-refractivity contribution in [2.75, 3.05) is 13.7 Å². The SMILES string of the molecule is COc1ccc2c(c1)[C@@H](NS(=O)(=O)c1ccc(C(=O)NCC(F)(F)F)cc1)CCC2. The Morgan fingerprint density at radius 1 is 1.17 bits per heavy atom. The van der Waals surface area contributed by atoms with Gasteiger partial charge in [-0.05, 0) is 66.8 Å². The highest BCUT2D eigenvalue weighted by molar-refractivity contribution is 7.89. The second-order valence-corrected chi connectivity index (χ2v) is 8.67. The molecule has 0 aromatic heterocycles. The van der Waals surface area contributed by atoms with Crippen molar-refractivity contribution in [3.05, 3.63) is 59.2 Å². The van der Waals surface area contributed by atoms with Crippen LogP contribution in [0.15, 0.2) is 47.4 Å². The highest BCUT2D eigenvalue weighted by atomic mass is 32.2. The standard InChI is InChI=1S/C20H21F3N2O4S/c1-29-15-8-5-13-3-2-4-18(17(13)11-15)25-30(27,28)16-9-6-14(7-10-16)19(26)24-12-20(21,22)23/h5-11,18,25H,2-4,12H2,1H3,(H,24,26)/t18-/m0/s1. The van der Waals surface area contributed by atoms with E-state index >= 15 is 0 Å². The molecule has 2 N–H and O–H groups in total. The minimum atomic E-state index is -4.53. The molecule has 1 aliphatic rings. The fourth-order valence-electron chi connectivity index (χ4n) is 3.35. The van der Waals surface area contributed by atoms with Gasteiger partial charge in [-0.25, -0.2) is 13.1 Å². The highest BCUT2D eigenvalue weighted by Gasteiger charge is 2.29. The van der Waals surface area contributed by atoms with Crippen molar-refractivity contribution in [1.29, 1.82) is 0 Å². The van der Waals surface area contributed by atoms with Crippen molar-refractivity contribution in [2.45, 2.75) is 36.4 Å². The van der Waals surface area contributed by atoms with E-state index in [1.165, 1.54) is 31.4 Å². The summed E-state index contributed by atoms with van der Waals surface area (Å²) in [4.78, 5) is 11.7. The van der Waals surface area contributed by atoms with Crippen LogP contribution < -0.4 is 14.8 Å². The van der Waals surface area contributed by atoms with E-state index in [4.69, 9.17) is 4.74 Å². The number of aryl methyl sites for hydroxylation is 1. The molecule has 0 heterocycles. The molecule has 0 bridgehead atoms. The van der Waals surface area contributed by atoms with Crippen LogP contribution in [0.3, 0.4) is 0 Å². The van der Waals surface area contributed by atoms with E-state index in [0.29, 0.717) is 12.2 Å². The first kappa shape index (κ1) is 22.1. The number of halogens is 3. The average molecular weight is 442 g/mol. The molecule has 0 fully saturated rings. The maximum atomic E-state index is 12.8. The molecule has 0 radical (unpaired) electrons. The molecule has 0 aliphatic heterocycles. The predicted molar refractivity (Wildman–Crippen MR) is 104 cm³/mol. The van der Waals surface area contributed by atoms with E-state index in [1.807, 2.05) is 18.2 Å². The number of fused-ring (bicyclic) bond motifs is 1. The summed E-state index contributed by atoms with van der Waals surface area (Å²) in [6, 6.07) is 9.89. The van der Waals surface area contributed by atoms with E-state index in [0.717, 1.165) is 24.0 Å². The zero-order chi connectivity index (χ0) is 21.9. The zero-order valence-electron chi connectivity index (χ0n) is 16.1. The Bertz CT molecular complexity index is 1020. The molecule has 0 unspecified atom stereocenters. The summed E-state index contributed by atoms with van der Waals surface area (Å²) in [5.74, 6) is -0.299. The molecule has 0 saturated heterocycles. The van der Waals surface area contributed by atoms with Gasteiger partial charge in [0.15, 0.2) is 0 Å². The molecule has 0 spiro atoms. The summed E-state index contributed by atoms with van der Waals surface area (Å²) in [5.41, 5.74) is 1.84. The maximum absolute atomic E-state index is 12.8. The lowest BCUT2D eigenvalue weighted by molar-refractivity contribution is -0.123. The third kappa shape index (κ3) is 5.31. The number of nitrogens with one attached hydrogen (secondary N) is 2. The third-order valence-electron chi connectivity index (χ3n) is 4.84. The van der Waals surface area contributed by atoms with Gasteiger partial charge in [0.05, 0.1) is 12.0 Å². The van der Waals surface area contributed by atoms with Crippen LogP contribution >= 0.6 is 0 Å². The number of alkyl halides is 3. The Morgan fingerprint density at radius 2 is 1.87 bits per heavy atom. The number of carbonyl (C=O) groups is 1. The summed E-state index contributed by atoms with van der Waals surface area (Å²) < 4.78 is 70.2. The zero-order valence-corrected chi connectivity index (χ0v) is 16.9. The lowest BCUT2D eigenvalue weighted by Gasteiger charge is -2.26. The van der Waals surface area contributed by atoms with Gasteiger partial charge in [0.25, 0.3) is 5.91 Å². The highest BCUT2D eigenvalue weighted by Crippen LogP contribution is 2.33. The number of benzene rings is 2. The molecule has 162 valence electrons. The van der Waals surface area contributed by atoms with Crippen molar-refractivity contribution < 1.29 is 31.1 Å². The number of ether oxygens (including phenoxy) is 1. The van der Waals surface area contributed by atoms with Crippen molar-refractivity contribution in [1.82, 2.24) is 10.0 Å². The van der Waals surface area contributed by atoms with Crippen LogP contribution in [-0.2, 0) is 16.4 Å². The second kappa shape index (κ2) is 8.65. The maximum Gasteiger partial charge on any atom is 0.405 e. The van der Waals surface area contributed by atoms with E-state index in [1.54, 1.807) is 5.32 Å². The van der Waals surface area contributed by atoms with Gasteiger partial charge >= 0.3 is 6.18 Å². The Balaban J connectivity index is 1.75. The van der Waals surface area contributed by atoms with E-state index < -0.39 is 34.7 Å². The minimum Gasteiger partial charge on any atom is -0.497 e. The largest absolute Gasteiger partial charge is 0.497 e. The van der Waals surface area contributed by atoms with Crippen molar-refractivity contribution in [3.8, 4) is 5.75 Å². The van der Waals surface area contributed by atoms with Gasteiger partial charge in [-0.15, -0.1) is 0 Å². The molecular weight excluding hydrogens is 421 g/mol. The normalized spacial score (nSPS) is 16.6. The van der Waals surface area contributed by atoms with Crippen LogP contribution in [0.5, 0.6) is 5.75 Å². The summed E-state index contributed by atoms with van der Waals surface area (Å²) in [6.45, 7) is -1.46. The van der Waals surface area contributed by atoms with E-state index in [9.17, 15) is 26.4 Å². The summed E-state index contributed by atoms with van der Waals surface area (Å²) in [6.07, 6.45) is -2.23. The molecule has 2 aromatic rings. The lowest BCUT2D eigenvalue weighted by Crippen LogP contribution is -2.33. The number of carbonyl (C=O) groups excluding carboxylic acids is 1.